The quantitative estimate of drug-likeness (QED) is 0.723. The van der Waals surface area contributed by atoms with Crippen molar-refractivity contribution in [1.29, 1.82) is 0 Å². The van der Waals surface area contributed by atoms with Crippen LogP contribution in [0, 0.1) is 0 Å². The van der Waals surface area contributed by atoms with Gasteiger partial charge in [0, 0.05) is 20.6 Å². The molecule has 1 N–H and O–H groups in total. The number of aromatic nitrogens is 3. The molecule has 0 spiro atoms. The van der Waals surface area contributed by atoms with Crippen LogP contribution in [-0.4, -0.2) is 31.6 Å². The highest BCUT2D eigenvalue weighted by Crippen LogP contribution is 2.42. The predicted octanol–water partition coefficient (Wildman–Crippen LogP) is 3.98. The fraction of sp³-hybridized carbons (Fsp3) is 0.308. The molecule has 0 bridgehead atoms. The van der Waals surface area contributed by atoms with Gasteiger partial charge in [-0.1, -0.05) is 43.6 Å². The first kappa shape index (κ1) is 15.1. The average Bonchev–Trinajstić information content (AvgIpc) is 3.19. The Hall–Kier alpha value is -0.860. The van der Waals surface area contributed by atoms with E-state index in [1.165, 1.54) is 11.8 Å². The summed E-state index contributed by atoms with van der Waals surface area (Å²) in [5.41, 5.74) is 0.950. The number of carboxylic acids is 1. The van der Waals surface area contributed by atoms with Crippen molar-refractivity contribution >= 4 is 49.6 Å². The van der Waals surface area contributed by atoms with Gasteiger partial charge in [0.1, 0.15) is 0 Å². The molecular formula is C13H11Br2N3O2S. The minimum atomic E-state index is -0.851. The molecule has 1 aliphatic carbocycles. The molecule has 5 nitrogen and oxygen atoms in total. The van der Waals surface area contributed by atoms with E-state index < -0.39 is 5.97 Å². The molecule has 1 fully saturated rings. The Morgan fingerprint density at radius 2 is 2.14 bits per heavy atom. The molecule has 1 heterocycles. The summed E-state index contributed by atoms with van der Waals surface area (Å²) in [4.78, 5) is 10.8. The molecule has 1 aromatic heterocycles. The molecular weight excluding hydrogens is 422 g/mol. The fourth-order valence-electron chi connectivity index (χ4n) is 2.02. The SMILES string of the molecule is O=C(O)CSc1nnc(-c2cc(Br)ccc2Br)n1C1CC1. The number of carboxylic acid groups (broad SMARTS) is 1. The second kappa shape index (κ2) is 6.10. The van der Waals surface area contributed by atoms with Crippen LogP contribution in [0.2, 0.25) is 0 Å². The van der Waals surface area contributed by atoms with E-state index in [1.807, 2.05) is 18.2 Å². The lowest BCUT2D eigenvalue weighted by Gasteiger charge is -2.09. The lowest BCUT2D eigenvalue weighted by atomic mass is 10.2. The van der Waals surface area contributed by atoms with E-state index in [1.54, 1.807) is 0 Å². The number of aliphatic carboxylic acids is 1. The van der Waals surface area contributed by atoms with Crippen LogP contribution in [0.25, 0.3) is 11.4 Å². The van der Waals surface area contributed by atoms with Crippen molar-refractivity contribution in [2.45, 2.75) is 24.0 Å². The highest BCUT2D eigenvalue weighted by atomic mass is 79.9. The Balaban J connectivity index is 2.02. The second-order valence-corrected chi connectivity index (χ2v) is 7.43. The lowest BCUT2D eigenvalue weighted by molar-refractivity contribution is -0.133. The average molecular weight is 433 g/mol. The Morgan fingerprint density at radius 1 is 1.38 bits per heavy atom. The number of hydrogen-bond donors (Lipinski definition) is 1. The molecule has 1 aromatic carbocycles. The summed E-state index contributed by atoms with van der Waals surface area (Å²) in [7, 11) is 0. The number of benzene rings is 1. The van der Waals surface area contributed by atoms with Crippen LogP contribution in [0.4, 0.5) is 0 Å². The molecule has 0 atom stereocenters. The minimum absolute atomic E-state index is 0.00942. The molecule has 2 aromatic rings. The number of halogens is 2. The van der Waals surface area contributed by atoms with Gasteiger partial charge in [0.25, 0.3) is 0 Å². The standard InChI is InChI=1S/C13H11Br2N3O2S/c14-7-1-4-10(15)9(5-7)12-16-17-13(21-6-11(19)20)18(12)8-2-3-8/h1,4-5,8H,2-3,6H2,(H,19,20). The van der Waals surface area contributed by atoms with E-state index >= 15 is 0 Å². The zero-order valence-corrected chi connectivity index (χ0v) is 14.8. The molecule has 8 heteroatoms. The first-order valence-electron chi connectivity index (χ1n) is 6.31. The van der Waals surface area contributed by atoms with E-state index in [9.17, 15) is 4.79 Å². The highest BCUT2D eigenvalue weighted by molar-refractivity contribution is 9.11. The van der Waals surface area contributed by atoms with Gasteiger partial charge in [0.15, 0.2) is 11.0 Å². The Bertz CT molecular complexity index is 701. The molecule has 0 aliphatic heterocycles. The van der Waals surface area contributed by atoms with Gasteiger partial charge >= 0.3 is 5.97 Å². The summed E-state index contributed by atoms with van der Waals surface area (Å²) in [5, 5.41) is 17.9. The van der Waals surface area contributed by atoms with Crippen molar-refractivity contribution in [3.8, 4) is 11.4 Å². The summed E-state index contributed by atoms with van der Waals surface area (Å²) in [6.07, 6.45) is 2.16. The highest BCUT2D eigenvalue weighted by Gasteiger charge is 2.30. The molecule has 21 heavy (non-hydrogen) atoms. The van der Waals surface area contributed by atoms with Crippen LogP contribution in [0.5, 0.6) is 0 Å². The van der Waals surface area contributed by atoms with Crippen LogP contribution in [0.1, 0.15) is 18.9 Å². The number of carbonyl (C=O) groups is 1. The monoisotopic (exact) mass is 431 g/mol. The van der Waals surface area contributed by atoms with E-state index in [2.05, 4.69) is 46.6 Å². The van der Waals surface area contributed by atoms with Crippen molar-refractivity contribution in [3.05, 3.63) is 27.1 Å². The summed E-state index contributed by atoms with van der Waals surface area (Å²) in [5.74, 6) is -0.0843. The normalized spacial score (nSPS) is 14.4. The molecule has 0 amide bonds. The van der Waals surface area contributed by atoms with Gasteiger partial charge in [0.05, 0.1) is 5.75 Å². The van der Waals surface area contributed by atoms with Gasteiger partial charge in [-0.15, -0.1) is 10.2 Å². The zero-order valence-electron chi connectivity index (χ0n) is 10.8. The van der Waals surface area contributed by atoms with Crippen molar-refractivity contribution in [2.75, 3.05) is 5.75 Å². The van der Waals surface area contributed by atoms with Crippen molar-refractivity contribution in [2.24, 2.45) is 0 Å². The number of thioether (sulfide) groups is 1. The van der Waals surface area contributed by atoms with Crippen LogP contribution in [0.3, 0.4) is 0 Å². The third-order valence-electron chi connectivity index (χ3n) is 3.07. The molecule has 110 valence electrons. The van der Waals surface area contributed by atoms with Gasteiger partial charge in [-0.2, -0.15) is 0 Å². The predicted molar refractivity (Wildman–Crippen MR) is 87.5 cm³/mol. The molecule has 1 saturated carbocycles. The minimum Gasteiger partial charge on any atom is -0.481 e. The van der Waals surface area contributed by atoms with E-state index in [0.29, 0.717) is 11.2 Å². The van der Waals surface area contributed by atoms with E-state index in [0.717, 1.165) is 33.2 Å². The third kappa shape index (κ3) is 3.32. The van der Waals surface area contributed by atoms with Gasteiger partial charge in [-0.3, -0.25) is 9.36 Å². The maximum atomic E-state index is 10.8. The Morgan fingerprint density at radius 3 is 2.81 bits per heavy atom. The maximum absolute atomic E-state index is 10.8. The van der Waals surface area contributed by atoms with Crippen LogP contribution in [0.15, 0.2) is 32.3 Å². The third-order valence-corrected chi connectivity index (χ3v) is 5.18. The number of nitrogens with zero attached hydrogens (tertiary/aromatic N) is 3. The van der Waals surface area contributed by atoms with Crippen molar-refractivity contribution in [1.82, 2.24) is 14.8 Å². The number of hydrogen-bond acceptors (Lipinski definition) is 4. The Labute approximate surface area is 142 Å². The van der Waals surface area contributed by atoms with Crippen LogP contribution in [-0.2, 0) is 4.79 Å². The van der Waals surface area contributed by atoms with Gasteiger partial charge in [-0.25, -0.2) is 0 Å². The van der Waals surface area contributed by atoms with Gasteiger partial charge < -0.3 is 5.11 Å². The molecule has 0 unspecified atom stereocenters. The summed E-state index contributed by atoms with van der Waals surface area (Å²) in [6.45, 7) is 0. The fourth-order valence-corrected chi connectivity index (χ4v) is 3.53. The first-order valence-corrected chi connectivity index (χ1v) is 8.88. The van der Waals surface area contributed by atoms with Crippen LogP contribution < -0.4 is 0 Å². The van der Waals surface area contributed by atoms with E-state index in [4.69, 9.17) is 5.11 Å². The zero-order chi connectivity index (χ0) is 15.0. The lowest BCUT2D eigenvalue weighted by Crippen LogP contribution is -2.03. The topological polar surface area (TPSA) is 68.0 Å². The molecule has 3 rings (SSSR count). The molecule has 1 aliphatic rings. The smallest absolute Gasteiger partial charge is 0.313 e. The summed E-state index contributed by atoms with van der Waals surface area (Å²) >= 11 is 8.22. The Kier molecular flexibility index (Phi) is 4.37. The number of rotatable bonds is 5. The second-order valence-electron chi connectivity index (χ2n) is 4.71. The first-order chi connectivity index (χ1) is 10.1. The largest absolute Gasteiger partial charge is 0.481 e. The van der Waals surface area contributed by atoms with Gasteiger partial charge in [-0.05, 0) is 31.0 Å². The maximum Gasteiger partial charge on any atom is 0.313 e. The van der Waals surface area contributed by atoms with Crippen molar-refractivity contribution in [3.63, 3.8) is 0 Å². The van der Waals surface area contributed by atoms with Crippen LogP contribution >= 0.6 is 43.6 Å². The summed E-state index contributed by atoms with van der Waals surface area (Å²) in [6, 6.07) is 6.26. The van der Waals surface area contributed by atoms with Crippen molar-refractivity contribution < 1.29 is 9.90 Å². The molecule has 0 saturated heterocycles. The van der Waals surface area contributed by atoms with Gasteiger partial charge in [0.2, 0.25) is 0 Å². The molecule has 0 radical (unpaired) electrons. The summed E-state index contributed by atoms with van der Waals surface area (Å²) < 4.78 is 3.96. The van der Waals surface area contributed by atoms with E-state index in [-0.39, 0.29) is 5.75 Å².